The molecule has 2 aromatic heterocycles. The molecule has 4 N–H and O–H groups in total. The fourth-order valence-electron chi connectivity index (χ4n) is 3.15. The Kier molecular flexibility index (Phi) is 4.76. The second-order valence-corrected chi connectivity index (χ2v) is 6.58. The second-order valence-electron chi connectivity index (χ2n) is 6.58. The van der Waals surface area contributed by atoms with E-state index in [9.17, 15) is 4.79 Å². The highest BCUT2D eigenvalue weighted by Gasteiger charge is 2.18. The smallest absolute Gasteiger partial charge is 0.239 e. The Balaban J connectivity index is 1.88. The van der Waals surface area contributed by atoms with E-state index in [0.717, 1.165) is 22.2 Å². The second kappa shape index (κ2) is 7.52. The summed E-state index contributed by atoms with van der Waals surface area (Å²) in [5.74, 6) is 0.763. The highest BCUT2D eigenvalue weighted by atomic mass is 16.1. The van der Waals surface area contributed by atoms with Crippen LogP contribution in [0.3, 0.4) is 0 Å². The molecule has 0 spiro atoms. The average Bonchev–Trinajstić information content (AvgIpc) is 3.17. The number of carbonyl (C=O) groups is 1. The molecule has 1 unspecified atom stereocenters. The standard InChI is InChI=1S/C22H21N5O/c1-2-17(19(23)28)24-21-16-13-18(14-9-5-3-6-10-14)25-22(16)27-20(26-21)15-11-7-4-8-12-15/h3-13,17H,2H2,1H3,(H2,23,28)(H2,24,25,26,27). The van der Waals surface area contributed by atoms with Crippen molar-refractivity contribution in [1.29, 1.82) is 0 Å². The maximum absolute atomic E-state index is 11.8. The SMILES string of the molecule is CCC(Nc1nc(-c2ccccc2)nc2[nH]c(-c3ccccc3)cc12)C(N)=O. The van der Waals surface area contributed by atoms with Gasteiger partial charge in [0.15, 0.2) is 5.82 Å². The Morgan fingerprint density at radius 3 is 2.29 bits per heavy atom. The minimum Gasteiger partial charge on any atom is -0.368 e. The molecule has 1 atom stereocenters. The van der Waals surface area contributed by atoms with Crippen molar-refractivity contribution in [3.63, 3.8) is 0 Å². The number of hydrogen-bond donors (Lipinski definition) is 3. The largest absolute Gasteiger partial charge is 0.368 e. The molecule has 0 bridgehead atoms. The Morgan fingerprint density at radius 1 is 1.04 bits per heavy atom. The van der Waals surface area contributed by atoms with Crippen molar-refractivity contribution >= 4 is 22.8 Å². The lowest BCUT2D eigenvalue weighted by atomic mass is 10.1. The topological polar surface area (TPSA) is 96.7 Å². The van der Waals surface area contributed by atoms with Crippen molar-refractivity contribution in [2.24, 2.45) is 5.73 Å². The molecule has 4 aromatic rings. The van der Waals surface area contributed by atoms with Crippen LogP contribution in [0, 0.1) is 0 Å². The number of carbonyl (C=O) groups excluding carboxylic acids is 1. The molecule has 0 saturated carbocycles. The van der Waals surface area contributed by atoms with Crippen molar-refractivity contribution in [1.82, 2.24) is 15.0 Å². The molecule has 0 saturated heterocycles. The summed E-state index contributed by atoms with van der Waals surface area (Å²) in [7, 11) is 0. The van der Waals surface area contributed by atoms with E-state index in [-0.39, 0.29) is 0 Å². The molecule has 2 aromatic carbocycles. The van der Waals surface area contributed by atoms with Crippen molar-refractivity contribution in [2.75, 3.05) is 5.32 Å². The monoisotopic (exact) mass is 371 g/mol. The number of rotatable bonds is 6. The number of nitrogens with zero attached hydrogens (tertiary/aromatic N) is 2. The fourth-order valence-corrected chi connectivity index (χ4v) is 3.15. The van der Waals surface area contributed by atoms with Crippen LogP contribution in [-0.2, 0) is 4.79 Å². The molecule has 0 aliphatic rings. The lowest BCUT2D eigenvalue weighted by Crippen LogP contribution is -2.35. The molecule has 2 heterocycles. The lowest BCUT2D eigenvalue weighted by Gasteiger charge is -2.15. The summed E-state index contributed by atoms with van der Waals surface area (Å²) in [4.78, 5) is 24.5. The van der Waals surface area contributed by atoms with Crippen LogP contribution in [-0.4, -0.2) is 26.9 Å². The van der Waals surface area contributed by atoms with Crippen molar-refractivity contribution < 1.29 is 4.79 Å². The number of fused-ring (bicyclic) bond motifs is 1. The van der Waals surface area contributed by atoms with Gasteiger partial charge in [0.05, 0.1) is 5.39 Å². The molecule has 0 aliphatic heterocycles. The van der Waals surface area contributed by atoms with Gasteiger partial charge in [0.2, 0.25) is 5.91 Å². The number of hydrogen-bond acceptors (Lipinski definition) is 4. The van der Waals surface area contributed by atoms with Gasteiger partial charge in [-0.2, -0.15) is 0 Å². The molecule has 0 radical (unpaired) electrons. The first-order valence-corrected chi connectivity index (χ1v) is 9.23. The van der Waals surface area contributed by atoms with Gasteiger partial charge in [-0.1, -0.05) is 67.6 Å². The number of benzene rings is 2. The van der Waals surface area contributed by atoms with E-state index in [1.54, 1.807) is 0 Å². The van der Waals surface area contributed by atoms with E-state index in [0.29, 0.717) is 23.7 Å². The number of primary amides is 1. The zero-order chi connectivity index (χ0) is 19.5. The first-order chi connectivity index (χ1) is 13.7. The average molecular weight is 371 g/mol. The Labute approximate surface area is 162 Å². The number of H-pyrrole nitrogens is 1. The third-order valence-corrected chi connectivity index (χ3v) is 4.67. The first-order valence-electron chi connectivity index (χ1n) is 9.23. The van der Waals surface area contributed by atoms with Crippen molar-refractivity contribution in [3.8, 4) is 22.6 Å². The summed E-state index contributed by atoms with van der Waals surface area (Å²) in [6, 6.07) is 21.2. The number of amides is 1. The molecule has 6 heteroatoms. The number of aromatic nitrogens is 3. The summed E-state index contributed by atoms with van der Waals surface area (Å²) in [6.45, 7) is 1.91. The van der Waals surface area contributed by atoms with Gasteiger partial charge in [-0.3, -0.25) is 4.79 Å². The third-order valence-electron chi connectivity index (χ3n) is 4.67. The quantitative estimate of drug-likeness (QED) is 0.478. The van der Waals surface area contributed by atoms with Crippen molar-refractivity contribution in [3.05, 3.63) is 66.7 Å². The van der Waals surface area contributed by atoms with Crippen LogP contribution in [0.4, 0.5) is 5.82 Å². The summed E-state index contributed by atoms with van der Waals surface area (Å²) in [6.07, 6.45) is 0.567. The minimum absolute atomic E-state index is 0.408. The van der Waals surface area contributed by atoms with Crippen LogP contribution in [0.25, 0.3) is 33.7 Å². The molecular weight excluding hydrogens is 350 g/mol. The molecule has 28 heavy (non-hydrogen) atoms. The van der Waals surface area contributed by atoms with E-state index < -0.39 is 11.9 Å². The number of anilines is 1. The summed E-state index contributed by atoms with van der Waals surface area (Å²) in [5, 5.41) is 4.02. The van der Waals surface area contributed by atoms with E-state index in [1.165, 1.54) is 0 Å². The number of nitrogens with two attached hydrogens (primary N) is 1. The number of nitrogens with one attached hydrogen (secondary N) is 2. The highest BCUT2D eigenvalue weighted by Crippen LogP contribution is 2.30. The maximum atomic E-state index is 11.8. The first kappa shape index (κ1) is 17.7. The van der Waals surface area contributed by atoms with Crippen LogP contribution in [0.1, 0.15) is 13.3 Å². The van der Waals surface area contributed by atoms with Crippen LogP contribution >= 0.6 is 0 Å². The summed E-state index contributed by atoms with van der Waals surface area (Å²) >= 11 is 0. The fraction of sp³-hybridized carbons (Fsp3) is 0.136. The van der Waals surface area contributed by atoms with Gasteiger partial charge in [-0.05, 0) is 18.1 Å². The van der Waals surface area contributed by atoms with Crippen LogP contribution in [0.5, 0.6) is 0 Å². The van der Waals surface area contributed by atoms with E-state index in [1.807, 2.05) is 73.7 Å². The third kappa shape index (κ3) is 3.44. The Hall–Kier alpha value is -3.67. The van der Waals surface area contributed by atoms with Gasteiger partial charge in [0.1, 0.15) is 17.5 Å². The molecule has 140 valence electrons. The van der Waals surface area contributed by atoms with Crippen LogP contribution in [0.2, 0.25) is 0 Å². The van der Waals surface area contributed by atoms with Crippen molar-refractivity contribution in [2.45, 2.75) is 19.4 Å². The molecule has 0 fully saturated rings. The van der Waals surface area contributed by atoms with Gasteiger partial charge < -0.3 is 16.0 Å². The lowest BCUT2D eigenvalue weighted by molar-refractivity contribution is -0.118. The van der Waals surface area contributed by atoms with Gasteiger partial charge >= 0.3 is 0 Å². The van der Waals surface area contributed by atoms with Gasteiger partial charge in [0.25, 0.3) is 0 Å². The number of aromatic amines is 1. The normalized spacial score (nSPS) is 12.0. The summed E-state index contributed by atoms with van der Waals surface area (Å²) in [5.41, 5.74) is 9.12. The molecule has 1 amide bonds. The van der Waals surface area contributed by atoms with E-state index in [2.05, 4.69) is 10.3 Å². The Morgan fingerprint density at radius 2 is 1.68 bits per heavy atom. The molecular formula is C22H21N5O. The minimum atomic E-state index is -0.503. The van der Waals surface area contributed by atoms with Gasteiger partial charge in [-0.15, -0.1) is 0 Å². The van der Waals surface area contributed by atoms with Crippen LogP contribution < -0.4 is 11.1 Å². The zero-order valence-corrected chi connectivity index (χ0v) is 15.5. The van der Waals surface area contributed by atoms with Gasteiger partial charge in [-0.25, -0.2) is 9.97 Å². The van der Waals surface area contributed by atoms with E-state index in [4.69, 9.17) is 15.7 Å². The Bertz CT molecular complexity index is 1110. The maximum Gasteiger partial charge on any atom is 0.239 e. The predicted molar refractivity (Wildman–Crippen MR) is 112 cm³/mol. The molecule has 6 nitrogen and oxygen atoms in total. The van der Waals surface area contributed by atoms with E-state index >= 15 is 0 Å². The van der Waals surface area contributed by atoms with Crippen LogP contribution in [0.15, 0.2) is 66.7 Å². The summed E-state index contributed by atoms with van der Waals surface area (Å²) < 4.78 is 0. The zero-order valence-electron chi connectivity index (χ0n) is 15.5. The van der Waals surface area contributed by atoms with Gasteiger partial charge in [0, 0.05) is 11.3 Å². The molecule has 4 rings (SSSR count). The highest BCUT2D eigenvalue weighted by molar-refractivity contribution is 5.94. The molecule has 0 aliphatic carbocycles. The predicted octanol–water partition coefficient (Wildman–Crippen LogP) is 3.97.